The lowest BCUT2D eigenvalue weighted by Gasteiger charge is -2.15. The Morgan fingerprint density at radius 2 is 2.12 bits per heavy atom. The maximum atomic E-state index is 12.3. The Balaban J connectivity index is 2.07. The zero-order valence-electron chi connectivity index (χ0n) is 10.1. The molecule has 0 bridgehead atoms. The van der Waals surface area contributed by atoms with Crippen molar-refractivity contribution in [2.45, 2.75) is 37.0 Å². The second kappa shape index (κ2) is 5.76. The summed E-state index contributed by atoms with van der Waals surface area (Å²) in [6, 6.07) is 7.96. The Bertz CT molecular complexity index is 408. The standard InChI is InChI=1S/C13H19NO2S/c1-10-13(6-7-16-10)17(15)9-12-5-3-2-4-11(12)8-14/h2-5,10,13H,6-9,14H2,1H3. The predicted octanol–water partition coefficient (Wildman–Crippen LogP) is 1.57. The maximum Gasteiger partial charge on any atom is 0.0691 e. The molecule has 0 amide bonds. The van der Waals surface area contributed by atoms with E-state index in [1.807, 2.05) is 31.2 Å². The van der Waals surface area contributed by atoms with Gasteiger partial charge in [-0.25, -0.2) is 0 Å². The maximum absolute atomic E-state index is 12.3. The van der Waals surface area contributed by atoms with E-state index in [-0.39, 0.29) is 11.4 Å². The van der Waals surface area contributed by atoms with Crippen molar-refractivity contribution in [1.82, 2.24) is 0 Å². The number of ether oxygens (including phenoxy) is 1. The van der Waals surface area contributed by atoms with Gasteiger partial charge in [0.15, 0.2) is 0 Å². The van der Waals surface area contributed by atoms with Crippen molar-refractivity contribution in [2.24, 2.45) is 5.73 Å². The summed E-state index contributed by atoms with van der Waals surface area (Å²) in [4.78, 5) is 0. The summed E-state index contributed by atoms with van der Waals surface area (Å²) in [7, 11) is -0.869. The second-order valence-electron chi connectivity index (χ2n) is 4.40. The van der Waals surface area contributed by atoms with Gasteiger partial charge in [0.2, 0.25) is 0 Å². The first-order valence-corrected chi connectivity index (χ1v) is 7.36. The molecular weight excluding hydrogens is 234 g/mol. The van der Waals surface area contributed by atoms with Crippen LogP contribution in [0.4, 0.5) is 0 Å². The Morgan fingerprint density at radius 1 is 1.41 bits per heavy atom. The van der Waals surface area contributed by atoms with Crippen molar-refractivity contribution in [2.75, 3.05) is 6.61 Å². The van der Waals surface area contributed by atoms with Gasteiger partial charge < -0.3 is 10.5 Å². The average molecular weight is 253 g/mol. The van der Waals surface area contributed by atoms with Crippen LogP contribution >= 0.6 is 0 Å². The van der Waals surface area contributed by atoms with Crippen molar-refractivity contribution in [1.29, 1.82) is 0 Å². The third-order valence-corrected chi connectivity index (χ3v) is 5.17. The molecule has 4 heteroatoms. The van der Waals surface area contributed by atoms with Gasteiger partial charge in [0.1, 0.15) is 0 Å². The summed E-state index contributed by atoms with van der Waals surface area (Å²) >= 11 is 0. The molecule has 1 saturated heterocycles. The van der Waals surface area contributed by atoms with Gasteiger partial charge in [0, 0.05) is 29.7 Å². The van der Waals surface area contributed by atoms with Gasteiger partial charge in [-0.2, -0.15) is 0 Å². The van der Waals surface area contributed by atoms with Crippen molar-refractivity contribution >= 4 is 10.8 Å². The molecule has 1 fully saturated rings. The summed E-state index contributed by atoms with van der Waals surface area (Å²) < 4.78 is 17.7. The van der Waals surface area contributed by atoms with E-state index in [1.54, 1.807) is 0 Å². The highest BCUT2D eigenvalue weighted by molar-refractivity contribution is 7.84. The van der Waals surface area contributed by atoms with Crippen LogP contribution in [0.1, 0.15) is 24.5 Å². The summed E-state index contributed by atoms with van der Waals surface area (Å²) in [6.07, 6.45) is 1.01. The fraction of sp³-hybridized carbons (Fsp3) is 0.538. The predicted molar refractivity (Wildman–Crippen MR) is 70.0 cm³/mol. The molecule has 0 saturated carbocycles. The molecule has 1 aromatic carbocycles. The third-order valence-electron chi connectivity index (χ3n) is 3.28. The van der Waals surface area contributed by atoms with Crippen LogP contribution in [0.2, 0.25) is 0 Å². The Kier molecular flexibility index (Phi) is 4.31. The van der Waals surface area contributed by atoms with Crippen molar-refractivity contribution in [3.05, 3.63) is 35.4 Å². The highest BCUT2D eigenvalue weighted by atomic mass is 32.2. The van der Waals surface area contributed by atoms with Gasteiger partial charge in [-0.05, 0) is 24.5 Å². The fourth-order valence-corrected chi connectivity index (χ4v) is 3.88. The molecule has 3 atom stereocenters. The molecule has 3 nitrogen and oxygen atoms in total. The first-order chi connectivity index (χ1) is 8.22. The van der Waals surface area contributed by atoms with Crippen LogP contribution in [-0.4, -0.2) is 22.2 Å². The molecule has 0 aromatic heterocycles. The van der Waals surface area contributed by atoms with E-state index < -0.39 is 10.8 Å². The van der Waals surface area contributed by atoms with E-state index in [4.69, 9.17) is 10.5 Å². The van der Waals surface area contributed by atoms with Gasteiger partial charge in [0.25, 0.3) is 0 Å². The van der Waals surface area contributed by atoms with E-state index in [2.05, 4.69) is 0 Å². The van der Waals surface area contributed by atoms with E-state index in [0.717, 1.165) is 24.2 Å². The quantitative estimate of drug-likeness (QED) is 0.886. The van der Waals surface area contributed by atoms with E-state index >= 15 is 0 Å². The second-order valence-corrected chi connectivity index (χ2v) is 6.06. The van der Waals surface area contributed by atoms with Crippen molar-refractivity contribution in [3.63, 3.8) is 0 Å². The minimum Gasteiger partial charge on any atom is -0.377 e. The fourth-order valence-electron chi connectivity index (χ4n) is 2.22. The number of nitrogens with two attached hydrogens (primary N) is 1. The van der Waals surface area contributed by atoms with Crippen LogP contribution < -0.4 is 5.73 Å². The minimum absolute atomic E-state index is 0.112. The van der Waals surface area contributed by atoms with Crippen LogP contribution in [0.5, 0.6) is 0 Å². The van der Waals surface area contributed by atoms with Gasteiger partial charge in [-0.3, -0.25) is 4.21 Å². The lowest BCUT2D eigenvalue weighted by atomic mass is 10.1. The summed E-state index contributed by atoms with van der Waals surface area (Å²) in [5, 5.41) is 0.167. The van der Waals surface area contributed by atoms with Crippen LogP contribution in [-0.2, 0) is 27.8 Å². The molecule has 0 radical (unpaired) electrons. The highest BCUT2D eigenvalue weighted by Gasteiger charge is 2.29. The first kappa shape index (κ1) is 12.7. The van der Waals surface area contributed by atoms with E-state index in [9.17, 15) is 4.21 Å². The molecule has 1 heterocycles. The van der Waals surface area contributed by atoms with E-state index in [0.29, 0.717) is 12.3 Å². The number of hydrogen-bond acceptors (Lipinski definition) is 3. The molecule has 2 rings (SSSR count). The largest absolute Gasteiger partial charge is 0.377 e. The van der Waals surface area contributed by atoms with Gasteiger partial charge in [0.05, 0.1) is 11.4 Å². The number of benzene rings is 1. The molecule has 3 unspecified atom stereocenters. The van der Waals surface area contributed by atoms with Crippen molar-refractivity contribution < 1.29 is 8.95 Å². The smallest absolute Gasteiger partial charge is 0.0691 e. The number of hydrogen-bond donors (Lipinski definition) is 1. The Hall–Kier alpha value is -0.710. The zero-order chi connectivity index (χ0) is 12.3. The summed E-state index contributed by atoms with van der Waals surface area (Å²) in [6.45, 7) is 3.24. The molecule has 1 aromatic rings. The normalized spacial score (nSPS) is 26.0. The monoisotopic (exact) mass is 253 g/mol. The van der Waals surface area contributed by atoms with Crippen LogP contribution in [0, 0.1) is 0 Å². The Morgan fingerprint density at radius 3 is 2.71 bits per heavy atom. The molecule has 1 aliphatic rings. The molecule has 1 aliphatic heterocycles. The minimum atomic E-state index is -0.869. The van der Waals surface area contributed by atoms with Crippen LogP contribution in [0.15, 0.2) is 24.3 Å². The molecular formula is C13H19NO2S. The first-order valence-electron chi connectivity index (χ1n) is 5.98. The van der Waals surface area contributed by atoms with Crippen LogP contribution in [0.25, 0.3) is 0 Å². The molecule has 0 aliphatic carbocycles. The highest BCUT2D eigenvalue weighted by Crippen LogP contribution is 2.22. The van der Waals surface area contributed by atoms with Crippen molar-refractivity contribution in [3.8, 4) is 0 Å². The average Bonchev–Trinajstić information content (AvgIpc) is 2.76. The molecule has 0 spiro atoms. The lowest BCUT2D eigenvalue weighted by Crippen LogP contribution is -2.24. The zero-order valence-corrected chi connectivity index (χ0v) is 10.9. The molecule has 17 heavy (non-hydrogen) atoms. The lowest BCUT2D eigenvalue weighted by molar-refractivity contribution is 0.127. The topological polar surface area (TPSA) is 52.3 Å². The van der Waals surface area contributed by atoms with Gasteiger partial charge in [-0.1, -0.05) is 24.3 Å². The van der Waals surface area contributed by atoms with Crippen LogP contribution in [0.3, 0.4) is 0 Å². The Labute approximate surface area is 105 Å². The third kappa shape index (κ3) is 2.94. The molecule has 2 N–H and O–H groups in total. The van der Waals surface area contributed by atoms with Gasteiger partial charge in [-0.15, -0.1) is 0 Å². The molecule has 94 valence electrons. The SMILES string of the molecule is CC1OCCC1S(=O)Cc1ccccc1CN. The number of rotatable bonds is 4. The summed E-state index contributed by atoms with van der Waals surface area (Å²) in [5.41, 5.74) is 7.88. The summed E-state index contributed by atoms with van der Waals surface area (Å²) in [5.74, 6) is 0.589. The van der Waals surface area contributed by atoms with E-state index in [1.165, 1.54) is 0 Å². The van der Waals surface area contributed by atoms with Gasteiger partial charge >= 0.3 is 0 Å².